The fourth-order valence-electron chi connectivity index (χ4n) is 5.80. The zero-order valence-corrected chi connectivity index (χ0v) is 18.0. The summed E-state index contributed by atoms with van der Waals surface area (Å²) in [4.78, 5) is 51.6. The number of nitrogens with zero attached hydrogens (tertiary/aromatic N) is 1. The summed E-state index contributed by atoms with van der Waals surface area (Å²) in [7, 11) is 0. The highest BCUT2D eigenvalue weighted by Gasteiger charge is 2.64. The van der Waals surface area contributed by atoms with Gasteiger partial charge >= 0.3 is 5.97 Å². The lowest BCUT2D eigenvalue weighted by Gasteiger charge is -2.28. The Kier molecular flexibility index (Phi) is 5.33. The maximum atomic E-state index is 13.1. The monoisotopic (exact) mass is 451 g/mol. The third-order valence-electron chi connectivity index (χ3n) is 7.15. The largest absolute Gasteiger partial charge is 0.456 e. The summed E-state index contributed by atoms with van der Waals surface area (Å²) < 4.78 is 5.06. The van der Waals surface area contributed by atoms with Gasteiger partial charge in [0.25, 0.3) is 0 Å². The number of fused-ring (bicyclic) bond motifs is 5. The minimum atomic E-state index is -0.763. The van der Waals surface area contributed by atoms with Crippen LogP contribution < -0.4 is 0 Å². The van der Waals surface area contributed by atoms with Crippen molar-refractivity contribution in [2.45, 2.75) is 18.8 Å². The Morgan fingerprint density at radius 1 is 0.938 bits per heavy atom. The van der Waals surface area contributed by atoms with Crippen molar-refractivity contribution in [3.05, 3.63) is 70.7 Å². The van der Waals surface area contributed by atoms with Gasteiger partial charge in [-0.05, 0) is 60.4 Å². The van der Waals surface area contributed by atoms with Crippen LogP contribution in [0.25, 0.3) is 0 Å². The Hall–Kier alpha value is -2.99. The molecular formula is C25H22ClNO5. The van der Waals surface area contributed by atoms with Crippen molar-refractivity contribution in [1.82, 2.24) is 4.90 Å². The molecular weight excluding hydrogens is 430 g/mol. The number of ketones is 1. The zero-order valence-electron chi connectivity index (χ0n) is 17.3. The van der Waals surface area contributed by atoms with Gasteiger partial charge in [-0.1, -0.05) is 41.9 Å². The third-order valence-corrected chi connectivity index (χ3v) is 7.40. The second-order valence-corrected chi connectivity index (χ2v) is 9.25. The van der Waals surface area contributed by atoms with E-state index in [0.29, 0.717) is 10.6 Å². The minimum absolute atomic E-state index is 0.122. The molecule has 3 aliphatic rings. The summed E-state index contributed by atoms with van der Waals surface area (Å²) in [6, 6.07) is 16.4. The van der Waals surface area contributed by atoms with Gasteiger partial charge < -0.3 is 4.74 Å². The van der Waals surface area contributed by atoms with Gasteiger partial charge in [0.1, 0.15) is 6.54 Å². The summed E-state index contributed by atoms with van der Waals surface area (Å²) in [5.41, 5.74) is 1.57. The molecule has 0 spiro atoms. The van der Waals surface area contributed by atoms with Crippen LogP contribution in [0, 0.1) is 23.7 Å². The first-order valence-corrected chi connectivity index (χ1v) is 11.2. The first-order valence-electron chi connectivity index (χ1n) is 10.8. The number of benzene rings is 2. The second-order valence-electron chi connectivity index (χ2n) is 8.82. The quantitative estimate of drug-likeness (QED) is 0.381. The molecule has 1 aliphatic heterocycles. The molecule has 0 radical (unpaired) electrons. The molecule has 1 heterocycles. The molecule has 3 fully saturated rings. The van der Waals surface area contributed by atoms with Crippen LogP contribution in [0.15, 0.2) is 54.6 Å². The molecule has 164 valence electrons. The van der Waals surface area contributed by atoms with Gasteiger partial charge in [-0.2, -0.15) is 0 Å². The molecule has 1 saturated heterocycles. The molecule has 0 N–H and O–H groups in total. The number of carbonyl (C=O) groups excluding carboxylic acids is 4. The number of hydrogen-bond acceptors (Lipinski definition) is 5. The van der Waals surface area contributed by atoms with Gasteiger partial charge in [-0.25, -0.2) is 0 Å². The minimum Gasteiger partial charge on any atom is -0.456 e. The predicted octanol–water partition coefficient (Wildman–Crippen LogP) is 3.49. The van der Waals surface area contributed by atoms with E-state index in [1.165, 1.54) is 5.56 Å². The Morgan fingerprint density at radius 2 is 1.62 bits per heavy atom. The van der Waals surface area contributed by atoms with Gasteiger partial charge in [-0.15, -0.1) is 0 Å². The first kappa shape index (κ1) is 20.9. The molecule has 2 aliphatic carbocycles. The van der Waals surface area contributed by atoms with E-state index in [-0.39, 0.29) is 47.2 Å². The van der Waals surface area contributed by atoms with Crippen LogP contribution in [0.3, 0.4) is 0 Å². The molecule has 7 heteroatoms. The van der Waals surface area contributed by atoms with Crippen LogP contribution in [-0.2, 0) is 19.1 Å². The van der Waals surface area contributed by atoms with Gasteiger partial charge in [0.05, 0.1) is 11.8 Å². The lowest BCUT2D eigenvalue weighted by molar-refractivity contribution is -0.152. The number of esters is 1. The molecule has 0 aromatic heterocycles. The van der Waals surface area contributed by atoms with Crippen molar-refractivity contribution in [2.75, 3.05) is 13.2 Å². The number of ether oxygens (including phenoxy) is 1. The number of hydrogen-bond donors (Lipinski definition) is 0. The van der Waals surface area contributed by atoms with E-state index >= 15 is 0 Å². The summed E-state index contributed by atoms with van der Waals surface area (Å²) >= 11 is 5.81. The summed E-state index contributed by atoms with van der Waals surface area (Å²) in [6.07, 6.45) is 1.77. The first-order chi connectivity index (χ1) is 15.4. The van der Waals surface area contributed by atoms with Crippen LogP contribution in [-0.4, -0.2) is 41.6 Å². The van der Waals surface area contributed by atoms with Crippen molar-refractivity contribution >= 4 is 35.2 Å². The van der Waals surface area contributed by atoms with Gasteiger partial charge in [-0.3, -0.25) is 24.1 Å². The van der Waals surface area contributed by atoms with Crippen molar-refractivity contribution in [1.29, 1.82) is 0 Å². The standard InChI is InChI=1S/C25H22ClNO5/c26-17-8-6-15(7-9-17)20(28)13-32-21(29)12-27-24(30)22-16-10-18(14-4-2-1-3-5-14)19(11-16)23(22)25(27)31/h1-9,16,18-19,22-23H,10-13H2/t16-,18-,19-,22+,23+/m0/s1. The Morgan fingerprint density at radius 3 is 2.34 bits per heavy atom. The lowest BCUT2D eigenvalue weighted by Crippen LogP contribution is -2.38. The van der Waals surface area contributed by atoms with E-state index in [0.717, 1.165) is 17.7 Å². The zero-order chi connectivity index (χ0) is 22.4. The fraction of sp³-hybridized carbons (Fsp3) is 0.360. The average Bonchev–Trinajstić information content (AvgIpc) is 3.46. The molecule has 5 atom stereocenters. The number of Topliss-reactive ketones (excluding diaryl/α,β-unsaturated/α-hetero) is 1. The van der Waals surface area contributed by atoms with E-state index in [1.54, 1.807) is 24.3 Å². The molecule has 2 saturated carbocycles. The molecule has 2 amide bonds. The van der Waals surface area contributed by atoms with Gasteiger partial charge in [0.15, 0.2) is 12.4 Å². The van der Waals surface area contributed by atoms with E-state index < -0.39 is 19.1 Å². The Labute approximate surface area is 190 Å². The molecule has 0 unspecified atom stereocenters. The van der Waals surface area contributed by atoms with Crippen molar-refractivity contribution < 1.29 is 23.9 Å². The molecule has 2 aromatic rings. The van der Waals surface area contributed by atoms with E-state index in [1.807, 2.05) is 18.2 Å². The number of imide groups is 1. The summed E-state index contributed by atoms with van der Waals surface area (Å²) in [6.45, 7) is -0.904. The second kappa shape index (κ2) is 8.17. The molecule has 5 rings (SSSR count). The average molecular weight is 452 g/mol. The van der Waals surface area contributed by atoms with Crippen LogP contribution in [0.1, 0.15) is 34.7 Å². The molecule has 2 aromatic carbocycles. The number of carbonyl (C=O) groups is 4. The molecule has 2 bridgehead atoms. The van der Waals surface area contributed by atoms with Gasteiger partial charge in [0.2, 0.25) is 11.8 Å². The van der Waals surface area contributed by atoms with Crippen LogP contribution in [0.5, 0.6) is 0 Å². The highest BCUT2D eigenvalue weighted by Crippen LogP contribution is 2.61. The number of amides is 2. The predicted molar refractivity (Wildman–Crippen MR) is 116 cm³/mol. The number of rotatable bonds is 6. The normalized spacial score (nSPS) is 28.2. The van der Waals surface area contributed by atoms with Crippen LogP contribution >= 0.6 is 11.6 Å². The summed E-state index contributed by atoms with van der Waals surface area (Å²) in [5.74, 6) is -1.85. The number of halogens is 1. The van der Waals surface area contributed by atoms with Crippen molar-refractivity contribution in [2.24, 2.45) is 23.7 Å². The van der Waals surface area contributed by atoms with Gasteiger partial charge in [0, 0.05) is 10.6 Å². The highest BCUT2D eigenvalue weighted by molar-refractivity contribution is 6.30. The van der Waals surface area contributed by atoms with Crippen LogP contribution in [0.2, 0.25) is 5.02 Å². The fourth-order valence-corrected chi connectivity index (χ4v) is 5.93. The lowest BCUT2D eigenvalue weighted by atomic mass is 9.73. The SMILES string of the molecule is O=C(CN1C(=O)[C@@H]2[C@@H]3C[C@H]([C@H]2C1=O)[C@H](c1ccccc1)C3)OCC(=O)c1ccc(Cl)cc1. The van der Waals surface area contributed by atoms with E-state index in [4.69, 9.17) is 16.3 Å². The Balaban J connectivity index is 1.22. The Bertz CT molecular complexity index is 1080. The van der Waals surface area contributed by atoms with Crippen molar-refractivity contribution in [3.63, 3.8) is 0 Å². The molecule has 32 heavy (non-hydrogen) atoms. The smallest absolute Gasteiger partial charge is 0.326 e. The topological polar surface area (TPSA) is 80.8 Å². The number of likely N-dealkylation sites (tertiary alicyclic amines) is 1. The van der Waals surface area contributed by atoms with Crippen LogP contribution in [0.4, 0.5) is 0 Å². The van der Waals surface area contributed by atoms with E-state index in [9.17, 15) is 19.2 Å². The highest BCUT2D eigenvalue weighted by atomic mass is 35.5. The maximum Gasteiger partial charge on any atom is 0.326 e. The van der Waals surface area contributed by atoms with E-state index in [2.05, 4.69) is 12.1 Å². The molecule has 6 nitrogen and oxygen atoms in total. The summed E-state index contributed by atoms with van der Waals surface area (Å²) in [5, 5.41) is 0.499. The van der Waals surface area contributed by atoms with Crippen molar-refractivity contribution in [3.8, 4) is 0 Å². The third kappa shape index (κ3) is 3.52. The maximum absolute atomic E-state index is 13.1.